The van der Waals surface area contributed by atoms with E-state index in [9.17, 15) is 13.2 Å². The minimum absolute atomic E-state index is 0.217. The Bertz CT molecular complexity index is 1360. The van der Waals surface area contributed by atoms with Gasteiger partial charge in [0.15, 0.2) is 5.75 Å². The molecule has 3 aromatic rings. The van der Waals surface area contributed by atoms with Crippen LogP contribution in [-0.2, 0) is 24.1 Å². The molecule has 1 aromatic heterocycles. The van der Waals surface area contributed by atoms with Gasteiger partial charge in [-0.05, 0) is 49.2 Å². The number of anilines is 1. The Balaban J connectivity index is 1.81. The van der Waals surface area contributed by atoms with Crippen molar-refractivity contribution in [2.24, 2.45) is 14.1 Å². The number of ether oxygens (including phenoxy) is 2. The summed E-state index contributed by atoms with van der Waals surface area (Å²) < 4.78 is 42.7. The van der Waals surface area contributed by atoms with E-state index in [0.29, 0.717) is 40.3 Å². The lowest BCUT2D eigenvalue weighted by molar-refractivity contribution is 0.413. The first-order valence-electron chi connectivity index (χ1n) is 9.70. The third kappa shape index (κ3) is 3.96. The number of aryl methyl sites for hydroxylation is 2. The first kappa shape index (κ1) is 20.8. The van der Waals surface area contributed by atoms with Crippen molar-refractivity contribution in [2.75, 3.05) is 11.8 Å². The van der Waals surface area contributed by atoms with Crippen LogP contribution in [0.1, 0.15) is 12.8 Å². The van der Waals surface area contributed by atoms with Gasteiger partial charge in [-0.2, -0.15) is 0 Å². The Kier molecular flexibility index (Phi) is 5.36. The van der Waals surface area contributed by atoms with Crippen molar-refractivity contribution >= 4 is 26.7 Å². The van der Waals surface area contributed by atoms with Crippen LogP contribution in [0.5, 0.6) is 17.2 Å². The Morgan fingerprint density at radius 3 is 2.26 bits per heavy atom. The highest BCUT2D eigenvalue weighted by Gasteiger charge is 2.22. The number of allylic oxidation sites excluding steroid dienone is 4. The number of fused-ring (bicyclic) bond motifs is 1. The van der Waals surface area contributed by atoms with E-state index in [-0.39, 0.29) is 17.1 Å². The van der Waals surface area contributed by atoms with Crippen molar-refractivity contribution in [1.29, 1.82) is 0 Å². The van der Waals surface area contributed by atoms with Crippen molar-refractivity contribution in [3.05, 3.63) is 70.0 Å². The monoisotopic (exact) mass is 441 g/mol. The second-order valence-corrected chi connectivity index (χ2v) is 8.96. The Hall–Kier alpha value is -3.46. The molecule has 31 heavy (non-hydrogen) atoms. The van der Waals surface area contributed by atoms with Crippen LogP contribution in [-0.4, -0.2) is 24.7 Å². The molecule has 0 radical (unpaired) electrons. The Morgan fingerprint density at radius 2 is 1.65 bits per heavy atom. The summed E-state index contributed by atoms with van der Waals surface area (Å²) in [6.45, 7) is 0. The van der Waals surface area contributed by atoms with Gasteiger partial charge < -0.3 is 9.47 Å². The van der Waals surface area contributed by atoms with Gasteiger partial charge in [-0.15, -0.1) is 0 Å². The molecule has 1 aliphatic carbocycles. The number of rotatable bonds is 6. The molecule has 0 unspecified atom stereocenters. The zero-order valence-electron chi connectivity index (χ0n) is 17.5. The fourth-order valence-corrected chi connectivity index (χ4v) is 4.70. The molecule has 2 aromatic carbocycles. The number of hydrogen-bond acceptors (Lipinski definition) is 5. The Labute approximate surface area is 180 Å². The van der Waals surface area contributed by atoms with Crippen molar-refractivity contribution in [1.82, 2.24) is 9.13 Å². The molecule has 9 heteroatoms. The summed E-state index contributed by atoms with van der Waals surface area (Å²) in [5.41, 5.74) is 1.24. The highest BCUT2D eigenvalue weighted by atomic mass is 32.2. The maximum absolute atomic E-state index is 13.0. The zero-order chi connectivity index (χ0) is 22.2. The predicted octanol–water partition coefficient (Wildman–Crippen LogP) is 3.65. The standard InChI is InChI=1S/C22H23N3O5S/c1-24-19-13-18(23-31(27,28)17-7-5-4-6-8-17)21(14-20(19)25(2)22(24)26)30-16-11-9-15(29-3)10-12-16/h4-5,7,9-14,23H,6,8H2,1-3H3. The van der Waals surface area contributed by atoms with E-state index >= 15 is 0 Å². The largest absolute Gasteiger partial charge is 0.497 e. The SMILES string of the molecule is COc1ccc(Oc2cc3c(cc2NS(=O)(=O)C2=CC=CCC2)n(C)c(=O)n3C)cc1. The summed E-state index contributed by atoms with van der Waals surface area (Å²) in [7, 11) is 1.09. The number of nitrogens with zero attached hydrogens (tertiary/aromatic N) is 2. The molecule has 1 heterocycles. The van der Waals surface area contributed by atoms with Gasteiger partial charge in [0, 0.05) is 20.2 Å². The molecule has 0 saturated carbocycles. The van der Waals surface area contributed by atoms with E-state index in [1.165, 1.54) is 9.13 Å². The van der Waals surface area contributed by atoms with Gasteiger partial charge in [0.1, 0.15) is 11.5 Å². The minimum Gasteiger partial charge on any atom is -0.497 e. The zero-order valence-corrected chi connectivity index (χ0v) is 18.3. The number of nitrogens with one attached hydrogen (secondary N) is 1. The average molecular weight is 442 g/mol. The number of imidazole rings is 1. The molecule has 8 nitrogen and oxygen atoms in total. The summed E-state index contributed by atoms with van der Waals surface area (Å²) >= 11 is 0. The molecule has 0 fully saturated rings. The first-order chi connectivity index (χ1) is 14.8. The minimum atomic E-state index is -3.78. The number of sulfonamides is 1. The first-order valence-corrected chi connectivity index (χ1v) is 11.2. The average Bonchev–Trinajstić information content (AvgIpc) is 2.98. The van der Waals surface area contributed by atoms with E-state index in [0.717, 1.165) is 0 Å². The lowest BCUT2D eigenvalue weighted by Gasteiger charge is -2.16. The number of aromatic nitrogens is 2. The van der Waals surface area contributed by atoms with Crippen LogP contribution in [0.3, 0.4) is 0 Å². The fourth-order valence-electron chi connectivity index (χ4n) is 3.48. The molecule has 0 spiro atoms. The molecule has 0 aliphatic heterocycles. The van der Waals surface area contributed by atoms with E-state index in [1.807, 2.05) is 6.08 Å². The summed E-state index contributed by atoms with van der Waals surface area (Å²) in [4.78, 5) is 12.7. The topological polar surface area (TPSA) is 91.6 Å². The lowest BCUT2D eigenvalue weighted by atomic mass is 10.2. The normalized spacial score (nSPS) is 13.8. The number of methoxy groups -OCH3 is 1. The third-order valence-electron chi connectivity index (χ3n) is 5.23. The smallest absolute Gasteiger partial charge is 0.328 e. The maximum atomic E-state index is 13.0. The van der Waals surface area contributed by atoms with Crippen molar-refractivity contribution in [3.63, 3.8) is 0 Å². The molecule has 1 aliphatic rings. The third-order valence-corrected chi connectivity index (χ3v) is 6.74. The van der Waals surface area contributed by atoms with Gasteiger partial charge in [-0.25, -0.2) is 13.2 Å². The molecule has 0 atom stereocenters. The molecule has 0 amide bonds. The highest BCUT2D eigenvalue weighted by molar-refractivity contribution is 7.96. The number of hydrogen-bond donors (Lipinski definition) is 1. The quantitative estimate of drug-likeness (QED) is 0.630. The van der Waals surface area contributed by atoms with Crippen LogP contribution in [0.2, 0.25) is 0 Å². The maximum Gasteiger partial charge on any atom is 0.328 e. The number of benzene rings is 2. The lowest BCUT2D eigenvalue weighted by Crippen LogP contribution is -2.19. The summed E-state index contributed by atoms with van der Waals surface area (Å²) in [6.07, 6.45) is 6.33. The van der Waals surface area contributed by atoms with Crippen molar-refractivity contribution in [2.45, 2.75) is 12.8 Å². The van der Waals surface area contributed by atoms with Crippen LogP contribution in [0.4, 0.5) is 5.69 Å². The van der Waals surface area contributed by atoms with E-state index in [4.69, 9.17) is 9.47 Å². The summed E-state index contributed by atoms with van der Waals surface area (Å²) in [5.74, 6) is 1.46. The Morgan fingerprint density at radius 1 is 1.00 bits per heavy atom. The van der Waals surface area contributed by atoms with E-state index in [1.54, 1.807) is 69.8 Å². The second-order valence-electron chi connectivity index (χ2n) is 7.22. The molecule has 1 N–H and O–H groups in total. The molecule has 162 valence electrons. The van der Waals surface area contributed by atoms with E-state index in [2.05, 4.69) is 4.72 Å². The summed E-state index contributed by atoms with van der Waals surface area (Å²) in [6, 6.07) is 10.2. The van der Waals surface area contributed by atoms with Crippen LogP contribution in [0, 0.1) is 0 Å². The van der Waals surface area contributed by atoms with Gasteiger partial charge in [0.25, 0.3) is 10.0 Å². The molecule has 0 bridgehead atoms. The van der Waals surface area contributed by atoms with Crippen molar-refractivity contribution in [3.8, 4) is 17.2 Å². The van der Waals surface area contributed by atoms with Crippen LogP contribution in [0.15, 0.2) is 64.3 Å². The van der Waals surface area contributed by atoms with Gasteiger partial charge in [-0.1, -0.05) is 12.2 Å². The van der Waals surface area contributed by atoms with Crippen molar-refractivity contribution < 1.29 is 17.9 Å². The molecular weight excluding hydrogens is 418 g/mol. The molecule has 4 rings (SSSR count). The highest BCUT2D eigenvalue weighted by Crippen LogP contribution is 2.36. The fraction of sp³-hybridized carbons (Fsp3) is 0.227. The molecule has 0 saturated heterocycles. The second kappa shape index (κ2) is 7.99. The van der Waals surface area contributed by atoms with Gasteiger partial charge in [-0.3, -0.25) is 13.9 Å². The van der Waals surface area contributed by atoms with E-state index < -0.39 is 10.0 Å². The summed E-state index contributed by atoms with van der Waals surface area (Å²) in [5, 5.41) is 0. The molecular formula is C22H23N3O5S. The van der Waals surface area contributed by atoms with Crippen LogP contribution in [0.25, 0.3) is 11.0 Å². The predicted molar refractivity (Wildman–Crippen MR) is 120 cm³/mol. The van der Waals surface area contributed by atoms with Crippen LogP contribution < -0.4 is 19.9 Å². The van der Waals surface area contributed by atoms with Gasteiger partial charge in [0.2, 0.25) is 0 Å². The van der Waals surface area contributed by atoms with Crippen LogP contribution >= 0.6 is 0 Å². The van der Waals surface area contributed by atoms with Gasteiger partial charge in [0.05, 0.1) is 28.7 Å². The van der Waals surface area contributed by atoms with Gasteiger partial charge >= 0.3 is 5.69 Å².